The lowest BCUT2D eigenvalue weighted by molar-refractivity contribution is -0.120. The number of nitrogens with zero attached hydrogens (tertiary/aromatic N) is 2. The highest BCUT2D eigenvalue weighted by atomic mass is 32.2. The molecule has 8 nitrogen and oxygen atoms in total. The Hall–Kier alpha value is -4.63. The lowest BCUT2D eigenvalue weighted by Gasteiger charge is -2.19. The number of rotatable bonds is 8. The predicted molar refractivity (Wildman–Crippen MR) is 168 cm³/mol. The van der Waals surface area contributed by atoms with E-state index in [-0.39, 0.29) is 26.6 Å². The topological polar surface area (TPSA) is 109 Å². The van der Waals surface area contributed by atoms with E-state index < -0.39 is 27.6 Å². The zero-order valence-electron chi connectivity index (χ0n) is 25.2. The first-order valence-corrected chi connectivity index (χ1v) is 14.9. The van der Waals surface area contributed by atoms with Crippen molar-refractivity contribution in [2.45, 2.75) is 51.3 Å². The molecule has 42 heavy (non-hydrogen) atoms. The summed E-state index contributed by atoms with van der Waals surface area (Å²) in [6.45, 7) is 18.4. The van der Waals surface area contributed by atoms with Crippen molar-refractivity contribution in [3.63, 3.8) is 0 Å². The smallest absolute Gasteiger partial charge is 0.265 e. The second-order valence-electron chi connectivity index (χ2n) is 8.10. The van der Waals surface area contributed by atoms with Crippen molar-refractivity contribution in [3.8, 4) is 0 Å². The van der Waals surface area contributed by atoms with Gasteiger partial charge in [-0.15, -0.1) is 0 Å². The van der Waals surface area contributed by atoms with Crippen molar-refractivity contribution in [2.24, 2.45) is 0 Å². The maximum absolute atomic E-state index is 13.2. The first-order valence-electron chi connectivity index (χ1n) is 13.5. The van der Waals surface area contributed by atoms with Crippen LogP contribution in [0, 0.1) is 0 Å². The minimum atomic E-state index is -3.94. The molecule has 1 fully saturated rings. The molecule has 0 aliphatic carbocycles. The number of anilines is 2. The summed E-state index contributed by atoms with van der Waals surface area (Å²) in [7, 11) is -2.46. The summed E-state index contributed by atoms with van der Waals surface area (Å²) in [5, 5.41) is 0. The Bertz CT molecular complexity index is 1500. The SMILES string of the molecule is C=C/C(C=O)=C(\C=C)C(=O)N(C)c1ccc(S(=O)(=O)c2ccc(N3C(=O)C(=C/C)/C(=C\C)C3=O)cc2)cc1.CC.CC. The number of allylic oxidation sites excluding steroid dienone is 4. The van der Waals surface area contributed by atoms with E-state index in [1.807, 2.05) is 27.7 Å². The fraction of sp³-hybridized carbons (Fsp3) is 0.212. The number of imide groups is 1. The molecule has 1 saturated heterocycles. The van der Waals surface area contributed by atoms with Crippen LogP contribution in [0.3, 0.4) is 0 Å². The third-order valence-corrected chi connectivity index (χ3v) is 7.86. The van der Waals surface area contributed by atoms with E-state index in [9.17, 15) is 27.6 Å². The molecule has 0 spiro atoms. The van der Waals surface area contributed by atoms with Gasteiger partial charge < -0.3 is 4.90 Å². The standard InChI is InChI=1S/C29H26N2O6S.2C2H6/c1-6-19(18-32)24(7-2)27(33)30(5)20-10-14-22(15-11-20)38(36,37)23-16-12-21(13-17-23)31-28(34)25(8-3)26(9-4)29(31)35;2*1-2/h6-18H,1-2H2,3-5H3;2*1-2H3/b24-19-,25-8+,26-9+;;. The lowest BCUT2D eigenvalue weighted by atomic mass is 10.1. The minimum absolute atomic E-state index is 0.0188. The van der Waals surface area contributed by atoms with E-state index in [2.05, 4.69) is 13.2 Å². The molecule has 222 valence electrons. The minimum Gasteiger partial charge on any atom is -0.311 e. The number of likely N-dealkylation sites (N-methyl/N-ethyl adjacent to an activating group) is 1. The van der Waals surface area contributed by atoms with Crippen molar-refractivity contribution in [1.29, 1.82) is 0 Å². The number of hydrogen-bond donors (Lipinski definition) is 0. The Morgan fingerprint density at radius 2 is 1.21 bits per heavy atom. The molecule has 3 rings (SSSR count). The molecule has 3 amide bonds. The van der Waals surface area contributed by atoms with Gasteiger partial charge in [-0.25, -0.2) is 13.3 Å². The summed E-state index contributed by atoms with van der Waals surface area (Å²) >= 11 is 0. The average molecular weight is 591 g/mol. The molecule has 9 heteroatoms. The third kappa shape index (κ3) is 6.98. The normalized spacial score (nSPS) is 15.2. The van der Waals surface area contributed by atoms with Gasteiger partial charge in [-0.05, 0) is 62.4 Å². The summed E-state index contributed by atoms with van der Waals surface area (Å²) in [5.41, 5.74) is 1.38. The monoisotopic (exact) mass is 590 g/mol. The van der Waals surface area contributed by atoms with Crippen LogP contribution in [-0.2, 0) is 29.0 Å². The molecule has 1 heterocycles. The number of sulfone groups is 1. The van der Waals surface area contributed by atoms with Gasteiger partial charge in [0.1, 0.15) is 0 Å². The highest BCUT2D eigenvalue weighted by Gasteiger charge is 2.38. The van der Waals surface area contributed by atoms with Crippen LogP contribution in [-0.4, -0.2) is 39.5 Å². The molecule has 1 aliphatic rings. The van der Waals surface area contributed by atoms with E-state index in [1.54, 1.807) is 26.0 Å². The van der Waals surface area contributed by atoms with Gasteiger partial charge in [-0.3, -0.25) is 19.2 Å². The van der Waals surface area contributed by atoms with Gasteiger partial charge in [0.05, 0.1) is 15.5 Å². The Balaban J connectivity index is 0.00000211. The van der Waals surface area contributed by atoms with Gasteiger partial charge in [-0.1, -0.05) is 65.2 Å². The van der Waals surface area contributed by atoms with E-state index >= 15 is 0 Å². The molecule has 0 N–H and O–H groups in total. The van der Waals surface area contributed by atoms with Crippen LogP contribution in [0.15, 0.2) is 118 Å². The Morgan fingerprint density at radius 1 is 0.786 bits per heavy atom. The van der Waals surface area contributed by atoms with Crippen LogP contribution in [0.2, 0.25) is 0 Å². The molecule has 0 saturated carbocycles. The third-order valence-electron chi connectivity index (χ3n) is 6.07. The average Bonchev–Trinajstić information content (AvgIpc) is 3.28. The highest BCUT2D eigenvalue weighted by molar-refractivity contribution is 7.91. The molecular formula is C33H38N2O6S. The molecule has 1 aliphatic heterocycles. The fourth-order valence-corrected chi connectivity index (χ4v) is 5.22. The van der Waals surface area contributed by atoms with E-state index in [0.717, 1.165) is 4.90 Å². The highest BCUT2D eigenvalue weighted by Crippen LogP contribution is 2.32. The predicted octanol–water partition coefficient (Wildman–Crippen LogP) is 6.17. The summed E-state index contributed by atoms with van der Waals surface area (Å²) < 4.78 is 26.4. The molecule has 2 aromatic carbocycles. The van der Waals surface area contributed by atoms with Crippen LogP contribution < -0.4 is 9.80 Å². The van der Waals surface area contributed by atoms with Gasteiger partial charge in [-0.2, -0.15) is 0 Å². The fourth-order valence-electron chi connectivity index (χ4n) is 3.96. The van der Waals surface area contributed by atoms with Crippen LogP contribution in [0.25, 0.3) is 0 Å². The van der Waals surface area contributed by atoms with Gasteiger partial charge >= 0.3 is 0 Å². The second-order valence-corrected chi connectivity index (χ2v) is 10.1. The molecule has 0 unspecified atom stereocenters. The number of benzene rings is 2. The first kappa shape index (κ1) is 35.4. The van der Waals surface area contributed by atoms with E-state index in [4.69, 9.17) is 0 Å². The number of carbonyl (C=O) groups is 4. The number of aldehydes is 1. The molecule has 0 atom stereocenters. The maximum atomic E-state index is 13.2. The van der Waals surface area contributed by atoms with Crippen LogP contribution in [0.5, 0.6) is 0 Å². The Kier molecular flexibility index (Phi) is 13.5. The molecule has 0 bridgehead atoms. The Labute approximate surface area is 249 Å². The molecule has 2 aromatic rings. The molecular weight excluding hydrogens is 552 g/mol. The summed E-state index contributed by atoms with van der Waals surface area (Å²) in [5.74, 6) is -1.46. The largest absolute Gasteiger partial charge is 0.311 e. The second kappa shape index (κ2) is 16.0. The van der Waals surface area contributed by atoms with Gasteiger partial charge in [0.2, 0.25) is 9.84 Å². The number of amides is 3. The molecule has 0 radical (unpaired) electrons. The lowest BCUT2D eigenvalue weighted by Crippen LogP contribution is -2.29. The van der Waals surface area contributed by atoms with E-state index in [0.29, 0.717) is 23.1 Å². The number of carbonyl (C=O) groups excluding carboxylic acids is 4. The van der Waals surface area contributed by atoms with Crippen molar-refractivity contribution in [3.05, 3.63) is 108 Å². The Morgan fingerprint density at radius 3 is 1.57 bits per heavy atom. The maximum Gasteiger partial charge on any atom is 0.265 e. The van der Waals surface area contributed by atoms with Crippen molar-refractivity contribution >= 4 is 45.2 Å². The van der Waals surface area contributed by atoms with Gasteiger partial charge in [0, 0.05) is 35.0 Å². The van der Waals surface area contributed by atoms with Gasteiger partial charge in [0.25, 0.3) is 17.7 Å². The van der Waals surface area contributed by atoms with Crippen molar-refractivity contribution < 1.29 is 27.6 Å². The summed E-state index contributed by atoms with van der Waals surface area (Å²) in [6.07, 6.45) is 6.15. The zero-order valence-corrected chi connectivity index (χ0v) is 26.0. The first-order chi connectivity index (χ1) is 20.1. The molecule has 0 aromatic heterocycles. The number of hydrogen-bond acceptors (Lipinski definition) is 6. The summed E-state index contributed by atoms with van der Waals surface area (Å²) in [6, 6.07) is 11.1. The zero-order chi connectivity index (χ0) is 32.2. The quantitative estimate of drug-likeness (QED) is 0.158. The van der Waals surface area contributed by atoms with Crippen LogP contribution >= 0.6 is 0 Å². The van der Waals surface area contributed by atoms with E-state index in [1.165, 1.54) is 72.6 Å². The van der Waals surface area contributed by atoms with Gasteiger partial charge in [0.15, 0.2) is 6.29 Å². The van der Waals surface area contributed by atoms with Crippen molar-refractivity contribution in [2.75, 3.05) is 16.8 Å². The summed E-state index contributed by atoms with van der Waals surface area (Å²) in [4.78, 5) is 51.7. The van der Waals surface area contributed by atoms with Crippen LogP contribution in [0.4, 0.5) is 11.4 Å². The van der Waals surface area contributed by atoms with Crippen molar-refractivity contribution in [1.82, 2.24) is 0 Å². The van der Waals surface area contributed by atoms with Crippen LogP contribution in [0.1, 0.15) is 41.5 Å².